The minimum Gasteiger partial charge on any atom is -0.434 e. The van der Waals surface area contributed by atoms with Crippen molar-refractivity contribution in [3.8, 4) is 5.75 Å². The van der Waals surface area contributed by atoms with Crippen molar-refractivity contribution in [1.82, 2.24) is 4.37 Å². The summed E-state index contributed by atoms with van der Waals surface area (Å²) in [6, 6.07) is 4.84. The third-order valence-electron chi connectivity index (χ3n) is 2.83. The molecule has 2 aromatic rings. The number of halogens is 2. The Morgan fingerprint density at radius 2 is 2.20 bits per heavy atom. The monoisotopic (exact) mass is 300 g/mol. The van der Waals surface area contributed by atoms with Crippen LogP contribution in [0.25, 0.3) is 10.1 Å². The number of carbonyl (C=O) groups excluding carboxylic acids is 1. The number of fused-ring (bicyclic) bond motifs is 1. The summed E-state index contributed by atoms with van der Waals surface area (Å²) >= 11 is 1.16. The number of anilines is 1. The Morgan fingerprint density at radius 3 is 2.80 bits per heavy atom. The predicted molar refractivity (Wildman–Crippen MR) is 74.6 cm³/mol. The van der Waals surface area contributed by atoms with E-state index in [9.17, 15) is 13.6 Å². The van der Waals surface area contributed by atoms with Gasteiger partial charge in [-0.05, 0) is 30.6 Å². The van der Waals surface area contributed by atoms with E-state index in [0.717, 1.165) is 11.5 Å². The fourth-order valence-electron chi connectivity index (χ4n) is 1.96. The van der Waals surface area contributed by atoms with Crippen LogP contribution in [0.5, 0.6) is 5.75 Å². The normalized spacial score (nSPS) is 11.1. The highest BCUT2D eigenvalue weighted by Crippen LogP contribution is 2.37. The third-order valence-corrected chi connectivity index (χ3v) is 3.63. The zero-order valence-electron chi connectivity index (χ0n) is 11.1. The molecule has 0 fully saturated rings. The molecule has 1 aromatic heterocycles. The van der Waals surface area contributed by atoms with Crippen molar-refractivity contribution >= 4 is 33.3 Å². The molecule has 0 spiro atoms. The second-order valence-electron chi connectivity index (χ2n) is 4.01. The molecule has 0 N–H and O–H groups in total. The van der Waals surface area contributed by atoms with Gasteiger partial charge < -0.3 is 4.74 Å². The lowest BCUT2D eigenvalue weighted by atomic mass is 10.2. The van der Waals surface area contributed by atoms with E-state index in [-0.39, 0.29) is 11.7 Å². The molecule has 1 aromatic carbocycles. The molecule has 0 saturated carbocycles. The first kappa shape index (κ1) is 14.6. The van der Waals surface area contributed by atoms with Crippen molar-refractivity contribution < 1.29 is 18.3 Å². The molecule has 0 aliphatic rings. The van der Waals surface area contributed by atoms with Crippen LogP contribution in [0.2, 0.25) is 0 Å². The zero-order chi connectivity index (χ0) is 14.7. The number of ether oxygens (including phenoxy) is 1. The average molecular weight is 300 g/mol. The minimum absolute atomic E-state index is 0.0450. The first-order valence-corrected chi connectivity index (χ1v) is 6.99. The third kappa shape index (κ3) is 2.72. The molecule has 0 radical (unpaired) electrons. The summed E-state index contributed by atoms with van der Waals surface area (Å²) in [4.78, 5) is 13.4. The van der Waals surface area contributed by atoms with Crippen LogP contribution in [0.15, 0.2) is 18.2 Å². The Balaban J connectivity index is 2.56. The summed E-state index contributed by atoms with van der Waals surface area (Å²) in [6.45, 7) is 1.07. The number of amides is 1. The maximum absolute atomic E-state index is 12.5. The van der Waals surface area contributed by atoms with Crippen molar-refractivity contribution in [2.24, 2.45) is 0 Å². The number of alkyl halides is 2. The zero-order valence-corrected chi connectivity index (χ0v) is 11.9. The van der Waals surface area contributed by atoms with Gasteiger partial charge >= 0.3 is 6.61 Å². The predicted octanol–water partition coefficient (Wildman–Crippen LogP) is 3.66. The van der Waals surface area contributed by atoms with E-state index in [4.69, 9.17) is 0 Å². The van der Waals surface area contributed by atoms with Crippen LogP contribution in [-0.4, -0.2) is 23.4 Å². The Hall–Kier alpha value is -1.76. The van der Waals surface area contributed by atoms with E-state index < -0.39 is 6.61 Å². The van der Waals surface area contributed by atoms with Gasteiger partial charge in [0.05, 0.1) is 10.1 Å². The van der Waals surface area contributed by atoms with Crippen LogP contribution >= 0.6 is 11.5 Å². The number of nitrogens with zero attached hydrogens (tertiary/aromatic N) is 2. The first-order chi connectivity index (χ1) is 9.58. The van der Waals surface area contributed by atoms with E-state index >= 15 is 0 Å². The lowest BCUT2D eigenvalue weighted by Gasteiger charge is -2.18. The highest BCUT2D eigenvalue weighted by Gasteiger charge is 2.21. The van der Waals surface area contributed by atoms with Crippen molar-refractivity contribution in [2.45, 2.75) is 26.9 Å². The fourth-order valence-corrected chi connectivity index (χ4v) is 2.76. The van der Waals surface area contributed by atoms with Crippen molar-refractivity contribution in [1.29, 1.82) is 0 Å². The average Bonchev–Trinajstić information content (AvgIpc) is 2.84. The van der Waals surface area contributed by atoms with Crippen LogP contribution in [0.1, 0.15) is 20.3 Å². The quantitative estimate of drug-likeness (QED) is 0.846. The number of benzene rings is 1. The summed E-state index contributed by atoms with van der Waals surface area (Å²) in [7, 11) is 0. The molecule has 0 atom stereocenters. The molecule has 1 amide bonds. The number of hydrogen-bond donors (Lipinski definition) is 0. The Kier molecular flexibility index (Phi) is 4.49. The van der Waals surface area contributed by atoms with Gasteiger partial charge in [-0.2, -0.15) is 13.2 Å². The van der Waals surface area contributed by atoms with Gasteiger partial charge in [-0.15, -0.1) is 0 Å². The van der Waals surface area contributed by atoms with Gasteiger partial charge in [-0.25, -0.2) is 0 Å². The molecule has 108 valence electrons. The molecule has 2 rings (SSSR count). The largest absolute Gasteiger partial charge is 0.434 e. The van der Waals surface area contributed by atoms with Gasteiger partial charge in [-0.3, -0.25) is 9.69 Å². The summed E-state index contributed by atoms with van der Waals surface area (Å²) in [5.74, 6) is 0.325. The summed E-state index contributed by atoms with van der Waals surface area (Å²) in [6.07, 6.45) is 0.324. The van der Waals surface area contributed by atoms with E-state index in [2.05, 4.69) is 9.11 Å². The Morgan fingerprint density at radius 1 is 1.45 bits per heavy atom. The van der Waals surface area contributed by atoms with Gasteiger partial charge in [-0.1, -0.05) is 13.0 Å². The maximum atomic E-state index is 12.5. The molecule has 0 unspecified atom stereocenters. The SMILES string of the molecule is CCC(=O)N(CC)c1nsc2cccc(OC(F)F)c12. The topological polar surface area (TPSA) is 42.4 Å². The van der Waals surface area contributed by atoms with Gasteiger partial charge in [0.2, 0.25) is 5.91 Å². The Labute approximate surface area is 119 Å². The number of rotatable bonds is 5. The molecule has 7 heteroatoms. The van der Waals surface area contributed by atoms with Gasteiger partial charge in [0.1, 0.15) is 5.75 Å². The summed E-state index contributed by atoms with van der Waals surface area (Å²) in [5.41, 5.74) is 0. The van der Waals surface area contributed by atoms with Crippen LogP contribution in [0, 0.1) is 0 Å². The second-order valence-corrected chi connectivity index (χ2v) is 4.81. The van der Waals surface area contributed by atoms with Crippen molar-refractivity contribution in [3.05, 3.63) is 18.2 Å². The molecule has 0 saturated heterocycles. The molecule has 0 aliphatic heterocycles. The second kappa shape index (κ2) is 6.13. The minimum atomic E-state index is -2.91. The van der Waals surface area contributed by atoms with Gasteiger partial charge in [0.25, 0.3) is 0 Å². The Bertz CT molecular complexity index is 615. The van der Waals surface area contributed by atoms with Crippen LogP contribution in [0.4, 0.5) is 14.6 Å². The highest BCUT2D eigenvalue weighted by atomic mass is 32.1. The lowest BCUT2D eigenvalue weighted by Crippen LogP contribution is -2.30. The molecule has 4 nitrogen and oxygen atoms in total. The first-order valence-electron chi connectivity index (χ1n) is 6.22. The molecule has 20 heavy (non-hydrogen) atoms. The lowest BCUT2D eigenvalue weighted by molar-refractivity contribution is -0.118. The molecule has 0 bridgehead atoms. The van der Waals surface area contributed by atoms with Gasteiger partial charge in [0, 0.05) is 13.0 Å². The standard InChI is InChI=1S/C13H14F2N2O2S/c1-3-10(18)17(4-2)12-11-8(19-13(14)15)6-5-7-9(11)20-16-12/h5-7,13H,3-4H2,1-2H3. The van der Waals surface area contributed by atoms with Crippen LogP contribution in [0.3, 0.4) is 0 Å². The van der Waals surface area contributed by atoms with E-state index in [1.165, 1.54) is 11.0 Å². The highest BCUT2D eigenvalue weighted by molar-refractivity contribution is 7.13. The summed E-state index contributed by atoms with van der Waals surface area (Å²) in [5, 5.41) is 0.460. The van der Waals surface area contributed by atoms with Crippen molar-refractivity contribution in [2.75, 3.05) is 11.4 Å². The molecular formula is C13H14F2N2O2S. The number of carbonyl (C=O) groups is 1. The molecule has 0 aliphatic carbocycles. The summed E-state index contributed by atoms with van der Waals surface area (Å²) < 4.78 is 34.4. The maximum Gasteiger partial charge on any atom is 0.387 e. The molecule has 1 heterocycles. The number of aromatic nitrogens is 1. The molecular weight excluding hydrogens is 286 g/mol. The fraction of sp³-hybridized carbons (Fsp3) is 0.385. The van der Waals surface area contributed by atoms with E-state index in [0.29, 0.717) is 28.9 Å². The van der Waals surface area contributed by atoms with Crippen LogP contribution in [-0.2, 0) is 4.79 Å². The van der Waals surface area contributed by atoms with Crippen LogP contribution < -0.4 is 9.64 Å². The smallest absolute Gasteiger partial charge is 0.387 e. The van der Waals surface area contributed by atoms with E-state index in [1.54, 1.807) is 19.1 Å². The van der Waals surface area contributed by atoms with Gasteiger partial charge in [0.15, 0.2) is 5.82 Å². The van der Waals surface area contributed by atoms with Crippen molar-refractivity contribution in [3.63, 3.8) is 0 Å². The number of hydrogen-bond acceptors (Lipinski definition) is 4. The van der Waals surface area contributed by atoms with E-state index in [1.807, 2.05) is 6.92 Å².